The Morgan fingerprint density at radius 3 is 2.50 bits per heavy atom. The molecule has 0 atom stereocenters. The van der Waals surface area contributed by atoms with Crippen molar-refractivity contribution in [2.75, 3.05) is 18.4 Å². The van der Waals surface area contributed by atoms with Gasteiger partial charge in [0.25, 0.3) is 0 Å². The average Bonchev–Trinajstić information content (AvgIpc) is 2.52. The third kappa shape index (κ3) is 4.67. The zero-order chi connectivity index (χ0) is 14.0. The van der Waals surface area contributed by atoms with Crippen LogP contribution in [0.5, 0.6) is 0 Å². The van der Waals surface area contributed by atoms with Gasteiger partial charge in [0.05, 0.1) is 11.6 Å². The Balaban J connectivity index is 1.58. The van der Waals surface area contributed by atoms with E-state index in [4.69, 9.17) is 5.26 Å². The first kappa shape index (κ1) is 14.0. The van der Waals surface area contributed by atoms with E-state index in [1.54, 1.807) is 18.5 Å². The summed E-state index contributed by atoms with van der Waals surface area (Å²) in [4.78, 5) is 8.18. The molecule has 0 aliphatic heterocycles. The van der Waals surface area contributed by atoms with Crippen LogP contribution in [0.4, 0.5) is 5.95 Å². The minimum Gasteiger partial charge on any atom is -0.354 e. The largest absolute Gasteiger partial charge is 0.354 e. The maximum atomic E-state index is 8.71. The molecular weight excluding hydrogens is 250 g/mol. The summed E-state index contributed by atoms with van der Waals surface area (Å²) in [5.41, 5.74) is 1.88. The monoisotopic (exact) mass is 267 g/mol. The van der Waals surface area contributed by atoms with Crippen molar-refractivity contribution in [2.24, 2.45) is 0 Å². The molecule has 20 heavy (non-hydrogen) atoms. The first-order valence-corrected chi connectivity index (χ1v) is 6.59. The number of rotatable bonds is 7. The Hall–Kier alpha value is -2.45. The lowest BCUT2D eigenvalue weighted by Gasteiger charge is -2.06. The van der Waals surface area contributed by atoms with Crippen LogP contribution in [0.25, 0.3) is 0 Å². The van der Waals surface area contributed by atoms with E-state index in [0.717, 1.165) is 26.1 Å². The zero-order valence-electron chi connectivity index (χ0n) is 11.2. The number of nitriles is 1. The van der Waals surface area contributed by atoms with E-state index in [9.17, 15) is 0 Å². The minimum absolute atomic E-state index is 0.666. The third-order valence-electron chi connectivity index (χ3n) is 2.79. The van der Waals surface area contributed by atoms with Gasteiger partial charge < -0.3 is 10.6 Å². The molecule has 0 bridgehead atoms. The van der Waals surface area contributed by atoms with Gasteiger partial charge in [0.2, 0.25) is 5.95 Å². The molecule has 5 heteroatoms. The molecule has 1 aromatic carbocycles. The Bertz CT molecular complexity index is 545. The molecule has 0 amide bonds. The molecule has 5 nitrogen and oxygen atoms in total. The topological polar surface area (TPSA) is 73.6 Å². The second-order valence-corrected chi connectivity index (χ2v) is 4.34. The number of nitrogens with one attached hydrogen (secondary N) is 2. The van der Waals surface area contributed by atoms with E-state index < -0.39 is 0 Å². The van der Waals surface area contributed by atoms with Gasteiger partial charge in [0.15, 0.2) is 0 Å². The molecule has 2 aromatic rings. The predicted molar refractivity (Wildman–Crippen MR) is 78.0 cm³/mol. The van der Waals surface area contributed by atoms with Crippen molar-refractivity contribution < 1.29 is 0 Å². The second-order valence-electron chi connectivity index (χ2n) is 4.34. The Morgan fingerprint density at radius 2 is 1.80 bits per heavy atom. The summed E-state index contributed by atoms with van der Waals surface area (Å²) in [6.07, 6.45) is 4.44. The number of aromatic nitrogens is 2. The van der Waals surface area contributed by atoms with Gasteiger partial charge in [-0.2, -0.15) is 5.26 Å². The summed E-state index contributed by atoms with van der Waals surface area (Å²) < 4.78 is 0. The number of benzene rings is 1. The van der Waals surface area contributed by atoms with Gasteiger partial charge in [-0.25, -0.2) is 9.97 Å². The van der Waals surface area contributed by atoms with Gasteiger partial charge in [0, 0.05) is 25.5 Å². The molecule has 0 radical (unpaired) electrons. The van der Waals surface area contributed by atoms with Gasteiger partial charge in [-0.05, 0) is 36.7 Å². The Morgan fingerprint density at radius 1 is 1.05 bits per heavy atom. The molecule has 2 rings (SSSR count). The number of hydrogen-bond acceptors (Lipinski definition) is 5. The van der Waals surface area contributed by atoms with Crippen molar-refractivity contribution in [1.82, 2.24) is 15.3 Å². The first-order chi connectivity index (χ1) is 9.88. The lowest BCUT2D eigenvalue weighted by atomic mass is 10.1. The summed E-state index contributed by atoms with van der Waals surface area (Å²) >= 11 is 0. The van der Waals surface area contributed by atoms with Crippen LogP contribution < -0.4 is 10.6 Å². The Kier molecular flexibility index (Phi) is 5.50. The van der Waals surface area contributed by atoms with Crippen LogP contribution in [0.15, 0.2) is 42.7 Å². The fraction of sp³-hybridized carbons (Fsp3) is 0.267. The van der Waals surface area contributed by atoms with Gasteiger partial charge in [-0.1, -0.05) is 12.1 Å². The van der Waals surface area contributed by atoms with Crippen molar-refractivity contribution in [3.8, 4) is 6.07 Å². The van der Waals surface area contributed by atoms with Crippen LogP contribution in [-0.2, 0) is 6.54 Å². The molecule has 0 saturated heterocycles. The van der Waals surface area contributed by atoms with Crippen LogP contribution in [0.1, 0.15) is 17.5 Å². The highest BCUT2D eigenvalue weighted by molar-refractivity contribution is 5.31. The van der Waals surface area contributed by atoms with Gasteiger partial charge in [0.1, 0.15) is 0 Å². The fourth-order valence-corrected chi connectivity index (χ4v) is 1.73. The van der Waals surface area contributed by atoms with Crippen LogP contribution in [0, 0.1) is 11.3 Å². The van der Waals surface area contributed by atoms with Crippen molar-refractivity contribution in [1.29, 1.82) is 5.26 Å². The highest BCUT2D eigenvalue weighted by atomic mass is 15.1. The third-order valence-corrected chi connectivity index (χ3v) is 2.79. The summed E-state index contributed by atoms with van der Waals surface area (Å²) in [6, 6.07) is 11.5. The van der Waals surface area contributed by atoms with Crippen LogP contribution >= 0.6 is 0 Å². The highest BCUT2D eigenvalue weighted by Gasteiger charge is 1.95. The van der Waals surface area contributed by atoms with E-state index in [1.165, 1.54) is 5.56 Å². The van der Waals surface area contributed by atoms with Crippen molar-refractivity contribution in [2.45, 2.75) is 13.0 Å². The molecule has 2 N–H and O–H groups in total. The van der Waals surface area contributed by atoms with E-state index in [-0.39, 0.29) is 0 Å². The van der Waals surface area contributed by atoms with E-state index >= 15 is 0 Å². The average molecular weight is 267 g/mol. The minimum atomic E-state index is 0.666. The van der Waals surface area contributed by atoms with Crippen LogP contribution in [-0.4, -0.2) is 23.1 Å². The maximum absolute atomic E-state index is 8.71. The van der Waals surface area contributed by atoms with Crippen molar-refractivity contribution >= 4 is 5.95 Å². The lowest BCUT2D eigenvalue weighted by molar-refractivity contribution is 0.662. The number of nitrogens with zero attached hydrogens (tertiary/aromatic N) is 3. The van der Waals surface area contributed by atoms with Gasteiger partial charge >= 0.3 is 0 Å². The van der Waals surface area contributed by atoms with Crippen molar-refractivity contribution in [3.63, 3.8) is 0 Å². The molecule has 0 spiro atoms. The van der Waals surface area contributed by atoms with E-state index in [1.807, 2.05) is 24.3 Å². The van der Waals surface area contributed by atoms with Gasteiger partial charge in [-0.15, -0.1) is 0 Å². The molecule has 0 aliphatic rings. The summed E-state index contributed by atoms with van der Waals surface area (Å²) in [6.45, 7) is 2.57. The smallest absolute Gasteiger partial charge is 0.222 e. The predicted octanol–water partition coefficient (Wildman–Crippen LogP) is 1.94. The van der Waals surface area contributed by atoms with E-state index in [0.29, 0.717) is 11.5 Å². The van der Waals surface area contributed by atoms with Gasteiger partial charge in [-0.3, -0.25) is 0 Å². The van der Waals surface area contributed by atoms with Crippen molar-refractivity contribution in [3.05, 3.63) is 53.9 Å². The fourth-order valence-electron chi connectivity index (χ4n) is 1.73. The highest BCUT2D eigenvalue weighted by Crippen LogP contribution is 2.02. The molecule has 0 unspecified atom stereocenters. The molecule has 0 fully saturated rings. The normalized spacial score (nSPS) is 9.95. The summed E-state index contributed by atoms with van der Waals surface area (Å²) in [5, 5.41) is 15.2. The first-order valence-electron chi connectivity index (χ1n) is 6.59. The number of hydrogen-bond donors (Lipinski definition) is 2. The second kappa shape index (κ2) is 7.87. The quantitative estimate of drug-likeness (QED) is 0.750. The molecule has 0 aliphatic carbocycles. The maximum Gasteiger partial charge on any atom is 0.222 e. The SMILES string of the molecule is N#Cc1ccc(CNCCCNc2ncccn2)cc1. The van der Waals surface area contributed by atoms with Crippen LogP contribution in [0.2, 0.25) is 0 Å². The summed E-state index contributed by atoms with van der Waals surface area (Å²) in [5.74, 6) is 0.666. The standard InChI is InChI=1S/C15H17N5/c16-11-13-3-5-14(6-4-13)12-17-7-1-8-18-15-19-9-2-10-20-15/h2-6,9-10,17H,1,7-8,12H2,(H,18,19,20). The van der Waals surface area contributed by atoms with E-state index in [2.05, 4.69) is 26.7 Å². The molecule has 102 valence electrons. The molecule has 0 saturated carbocycles. The summed E-state index contributed by atoms with van der Waals surface area (Å²) in [7, 11) is 0. The number of anilines is 1. The zero-order valence-corrected chi connectivity index (χ0v) is 11.2. The Labute approximate surface area is 118 Å². The lowest BCUT2D eigenvalue weighted by Crippen LogP contribution is -2.18. The molecule has 1 aromatic heterocycles. The molecular formula is C15H17N5. The molecule has 1 heterocycles. The van der Waals surface area contributed by atoms with Crippen LogP contribution in [0.3, 0.4) is 0 Å².